The molecule has 272 valence electrons. The Labute approximate surface area is 298 Å². The van der Waals surface area contributed by atoms with Gasteiger partial charge in [0.15, 0.2) is 0 Å². The molecule has 0 aliphatic heterocycles. The first-order valence-corrected chi connectivity index (χ1v) is 18.2. The van der Waals surface area contributed by atoms with E-state index in [4.69, 9.17) is 24.3 Å². The fraction of sp³-hybridized carbons (Fsp3) is 0.361. The van der Waals surface area contributed by atoms with Crippen molar-refractivity contribution >= 4 is 31.2 Å². The fourth-order valence-corrected chi connectivity index (χ4v) is 6.32. The predicted octanol–water partition coefficient (Wildman–Crippen LogP) is 7.59. The number of anilines is 1. The molecule has 2 N–H and O–H groups in total. The van der Waals surface area contributed by atoms with Gasteiger partial charge in [0.05, 0.1) is 12.8 Å². The molecule has 0 aromatic heterocycles. The van der Waals surface area contributed by atoms with Gasteiger partial charge in [-0.1, -0.05) is 77.4 Å². The summed E-state index contributed by atoms with van der Waals surface area (Å²) >= 11 is 0. The average Bonchev–Trinajstić information content (AvgIpc) is 3.12. The van der Waals surface area contributed by atoms with Crippen LogP contribution in [-0.4, -0.2) is 61.0 Å². The van der Waals surface area contributed by atoms with Gasteiger partial charge in [-0.3, -0.25) is 19.1 Å². The Hall–Kier alpha value is -5.13. The largest absolute Gasteiger partial charge is 0.460 e. The Morgan fingerprint density at radius 2 is 1.57 bits per heavy atom. The van der Waals surface area contributed by atoms with Crippen LogP contribution in [0.3, 0.4) is 0 Å². The van der Waals surface area contributed by atoms with Gasteiger partial charge >= 0.3 is 19.6 Å². The zero-order chi connectivity index (χ0) is 37.1. The van der Waals surface area contributed by atoms with Gasteiger partial charge in [-0.25, -0.2) is 9.88 Å². The Bertz CT molecular complexity index is 1680. The number of carbonyl (C=O) groups is 3. The second-order valence-corrected chi connectivity index (χ2v) is 13.8. The van der Waals surface area contributed by atoms with E-state index in [0.29, 0.717) is 30.0 Å². The van der Waals surface area contributed by atoms with E-state index < -0.39 is 37.6 Å². The molecule has 51 heavy (non-hydrogen) atoms. The third kappa shape index (κ3) is 14.7. The maximum Gasteiger partial charge on any atom is 0.411 e. The third-order valence-electron chi connectivity index (χ3n) is 7.29. The van der Waals surface area contributed by atoms with Crippen LogP contribution in [0.25, 0.3) is 10.4 Å². The van der Waals surface area contributed by atoms with Crippen molar-refractivity contribution in [2.24, 2.45) is 5.11 Å². The number of allylic oxidation sites excluding steroid dienone is 1. The first-order chi connectivity index (χ1) is 24.5. The van der Waals surface area contributed by atoms with E-state index in [2.05, 4.69) is 20.4 Å². The molecule has 2 amide bonds. The number of amides is 2. The van der Waals surface area contributed by atoms with Crippen molar-refractivity contribution in [2.45, 2.75) is 59.4 Å². The standard InChI is InChI=1S/C36H45N6O8P/c1-5-42(36(45)49-25-31-18-20-32(21-19-31)38-34(43)28(3)39-41-37)26-47-23-27(2)13-12-22-51(46,50-33-16-10-7-11-17-33)40-29(4)35(44)48-24-30-14-8-6-9-15-30/h6-11,13-21,28-29H,5,12,22-26H2,1-4H3,(H,38,43)(H,40,46)/b27-13+/t28-,29-,51?/m0/s1. The number of ether oxygens (including phenoxy) is 3. The van der Waals surface area contributed by atoms with E-state index in [0.717, 1.165) is 11.1 Å². The SMILES string of the molecule is CCN(COC/C(C)=C/CCP(=O)(N[C@@H](C)C(=O)OCc1ccccc1)Oc1ccccc1)C(=O)OCc1ccc(NC(=O)[C@H](C)N=[N+]=[N-])cc1. The van der Waals surface area contributed by atoms with Crippen LogP contribution >= 0.6 is 7.52 Å². The molecule has 3 atom stereocenters. The summed E-state index contributed by atoms with van der Waals surface area (Å²) in [6, 6.07) is 23.0. The summed E-state index contributed by atoms with van der Waals surface area (Å²) in [4.78, 5) is 41.4. The van der Waals surface area contributed by atoms with Crippen molar-refractivity contribution in [1.29, 1.82) is 0 Å². The minimum atomic E-state index is -3.55. The van der Waals surface area contributed by atoms with Crippen molar-refractivity contribution in [2.75, 3.05) is 31.4 Å². The van der Waals surface area contributed by atoms with Gasteiger partial charge < -0.3 is 24.1 Å². The highest BCUT2D eigenvalue weighted by molar-refractivity contribution is 7.57. The number of benzene rings is 3. The average molecular weight is 721 g/mol. The molecule has 15 heteroatoms. The molecular formula is C36H45N6O8P. The molecule has 0 heterocycles. The molecule has 0 saturated heterocycles. The van der Waals surface area contributed by atoms with Gasteiger partial charge in [-0.2, -0.15) is 0 Å². The van der Waals surface area contributed by atoms with Crippen LogP contribution in [0.2, 0.25) is 0 Å². The van der Waals surface area contributed by atoms with E-state index in [-0.39, 0.29) is 32.7 Å². The topological polar surface area (TPSA) is 181 Å². The lowest BCUT2D eigenvalue weighted by Crippen LogP contribution is -2.35. The van der Waals surface area contributed by atoms with E-state index in [1.807, 2.05) is 49.4 Å². The highest BCUT2D eigenvalue weighted by Gasteiger charge is 2.30. The second kappa shape index (κ2) is 21.2. The van der Waals surface area contributed by atoms with Gasteiger partial charge in [-0.05, 0) is 75.0 Å². The highest BCUT2D eigenvalue weighted by Crippen LogP contribution is 2.44. The summed E-state index contributed by atoms with van der Waals surface area (Å²) in [7, 11) is -3.55. The summed E-state index contributed by atoms with van der Waals surface area (Å²) in [5.74, 6) is -0.575. The number of nitrogens with one attached hydrogen (secondary N) is 2. The summed E-state index contributed by atoms with van der Waals surface area (Å²) in [5, 5.41) is 8.89. The zero-order valence-electron chi connectivity index (χ0n) is 29.3. The number of azide groups is 1. The van der Waals surface area contributed by atoms with Crippen molar-refractivity contribution in [1.82, 2.24) is 9.99 Å². The minimum Gasteiger partial charge on any atom is -0.460 e. The maximum absolute atomic E-state index is 13.9. The lowest BCUT2D eigenvalue weighted by Gasteiger charge is -2.23. The number of hydrogen-bond donors (Lipinski definition) is 2. The van der Waals surface area contributed by atoms with Crippen LogP contribution in [0.15, 0.2) is 102 Å². The van der Waals surface area contributed by atoms with Crippen LogP contribution in [0.4, 0.5) is 10.5 Å². The Morgan fingerprint density at radius 1 is 0.941 bits per heavy atom. The number of para-hydroxylation sites is 1. The highest BCUT2D eigenvalue weighted by atomic mass is 31.2. The molecule has 3 aromatic rings. The molecule has 0 radical (unpaired) electrons. The lowest BCUT2D eigenvalue weighted by molar-refractivity contribution is -0.146. The third-order valence-corrected chi connectivity index (χ3v) is 9.42. The number of rotatable bonds is 20. The van der Waals surface area contributed by atoms with Crippen LogP contribution in [-0.2, 0) is 41.6 Å². The van der Waals surface area contributed by atoms with E-state index in [1.165, 1.54) is 11.8 Å². The van der Waals surface area contributed by atoms with Crippen LogP contribution in [0.1, 0.15) is 45.2 Å². The van der Waals surface area contributed by atoms with E-state index in [1.54, 1.807) is 62.4 Å². The molecule has 0 saturated carbocycles. The molecule has 3 aromatic carbocycles. The van der Waals surface area contributed by atoms with Gasteiger partial charge in [0.2, 0.25) is 5.91 Å². The lowest BCUT2D eigenvalue weighted by atomic mass is 10.2. The maximum atomic E-state index is 13.9. The molecule has 0 aliphatic carbocycles. The summed E-state index contributed by atoms with van der Waals surface area (Å²) in [6.07, 6.45) is 1.79. The van der Waals surface area contributed by atoms with Crippen molar-refractivity contribution < 1.29 is 37.7 Å². The smallest absolute Gasteiger partial charge is 0.411 e. The normalized spacial score (nSPS) is 13.5. The zero-order valence-corrected chi connectivity index (χ0v) is 30.2. The number of hydrogen-bond acceptors (Lipinski definition) is 9. The van der Waals surface area contributed by atoms with Crippen LogP contribution in [0.5, 0.6) is 5.75 Å². The molecule has 0 spiro atoms. The quantitative estimate of drug-likeness (QED) is 0.0226. The molecule has 3 rings (SSSR count). The number of esters is 1. The van der Waals surface area contributed by atoms with Gasteiger partial charge in [-0.15, -0.1) is 0 Å². The molecular weight excluding hydrogens is 675 g/mol. The molecule has 0 aliphatic rings. The first-order valence-electron chi connectivity index (χ1n) is 16.4. The second-order valence-electron chi connectivity index (χ2n) is 11.5. The van der Waals surface area contributed by atoms with Crippen LogP contribution in [0, 0.1) is 0 Å². The van der Waals surface area contributed by atoms with Crippen LogP contribution < -0.4 is 14.9 Å². The van der Waals surface area contributed by atoms with E-state index in [9.17, 15) is 18.9 Å². The molecule has 1 unspecified atom stereocenters. The van der Waals surface area contributed by atoms with Crippen molar-refractivity contribution in [3.05, 3.63) is 118 Å². The summed E-state index contributed by atoms with van der Waals surface area (Å²) in [5.41, 5.74) is 11.4. The molecule has 0 fully saturated rings. The Kier molecular flexibility index (Phi) is 16.7. The van der Waals surface area contributed by atoms with E-state index >= 15 is 0 Å². The predicted molar refractivity (Wildman–Crippen MR) is 194 cm³/mol. The first kappa shape index (κ1) is 40.3. The summed E-state index contributed by atoms with van der Waals surface area (Å²) in [6.45, 7) is 7.42. The van der Waals surface area contributed by atoms with Gasteiger partial charge in [0.1, 0.15) is 37.8 Å². The van der Waals surface area contributed by atoms with Gasteiger partial charge in [0.25, 0.3) is 0 Å². The Balaban J connectivity index is 1.46. The molecule has 0 bridgehead atoms. The summed E-state index contributed by atoms with van der Waals surface area (Å²) < 4.78 is 36.5. The van der Waals surface area contributed by atoms with Gasteiger partial charge in [0, 0.05) is 17.1 Å². The molecule has 14 nitrogen and oxygen atoms in total. The number of nitrogens with zero attached hydrogens (tertiary/aromatic N) is 4. The Morgan fingerprint density at radius 3 is 2.22 bits per heavy atom. The fourth-order valence-electron chi connectivity index (χ4n) is 4.42. The van der Waals surface area contributed by atoms with Crippen molar-refractivity contribution in [3.8, 4) is 5.75 Å². The minimum absolute atomic E-state index is 0.00534. The number of carbonyl (C=O) groups excluding carboxylic acids is 3. The van der Waals surface area contributed by atoms with Crippen molar-refractivity contribution in [3.63, 3.8) is 0 Å². The monoisotopic (exact) mass is 720 g/mol.